The van der Waals surface area contributed by atoms with Gasteiger partial charge >= 0.3 is 0 Å². The maximum absolute atomic E-state index is 12.4. The van der Waals surface area contributed by atoms with Crippen LogP contribution in [0.1, 0.15) is 6.92 Å². The SMILES string of the molecule is CC(=O)Nc1ccc2nc(NC(=O)CSc3nnc(-c4ccc5ncccc5c4)o3)sc2c1. The highest BCUT2D eigenvalue weighted by atomic mass is 32.2. The van der Waals surface area contributed by atoms with Crippen LogP contribution in [0.25, 0.3) is 32.6 Å². The standard InChI is InChI=1S/C22H16N6O3S2/c1-12(29)24-15-5-7-17-18(10-15)33-21(25-17)26-19(30)11-32-22-28-27-20(31-22)14-4-6-16-13(9-14)3-2-8-23-16/h2-10H,11H2,1H3,(H,24,29)(H,25,26,30). The van der Waals surface area contributed by atoms with Crippen molar-refractivity contribution in [1.29, 1.82) is 0 Å². The third kappa shape index (κ3) is 4.83. The molecule has 0 aliphatic heterocycles. The molecular formula is C22H16N6O3S2. The summed E-state index contributed by atoms with van der Waals surface area (Å²) in [6.07, 6.45) is 1.74. The Morgan fingerprint density at radius 3 is 2.82 bits per heavy atom. The van der Waals surface area contributed by atoms with Crippen LogP contribution >= 0.6 is 23.1 Å². The van der Waals surface area contributed by atoms with Crippen molar-refractivity contribution in [2.75, 3.05) is 16.4 Å². The van der Waals surface area contributed by atoms with E-state index in [1.54, 1.807) is 18.3 Å². The highest BCUT2D eigenvalue weighted by Crippen LogP contribution is 2.29. The number of nitrogens with one attached hydrogen (secondary N) is 2. The van der Waals surface area contributed by atoms with Crippen molar-refractivity contribution in [3.63, 3.8) is 0 Å². The molecule has 0 aliphatic carbocycles. The summed E-state index contributed by atoms with van der Waals surface area (Å²) < 4.78 is 6.56. The molecule has 5 aromatic rings. The van der Waals surface area contributed by atoms with Crippen molar-refractivity contribution in [2.24, 2.45) is 0 Å². The van der Waals surface area contributed by atoms with Crippen LogP contribution in [0.5, 0.6) is 0 Å². The Morgan fingerprint density at radius 2 is 1.94 bits per heavy atom. The van der Waals surface area contributed by atoms with Gasteiger partial charge in [0.1, 0.15) is 0 Å². The van der Waals surface area contributed by atoms with E-state index in [0.29, 0.717) is 21.9 Å². The third-order valence-corrected chi connectivity index (χ3v) is 6.29. The fourth-order valence-corrected chi connectivity index (χ4v) is 4.62. The number of anilines is 2. The minimum Gasteiger partial charge on any atom is -0.411 e. The van der Waals surface area contributed by atoms with Crippen LogP contribution in [-0.4, -0.2) is 37.7 Å². The second-order valence-corrected chi connectivity index (χ2v) is 8.96. The van der Waals surface area contributed by atoms with E-state index >= 15 is 0 Å². The van der Waals surface area contributed by atoms with Crippen LogP contribution < -0.4 is 10.6 Å². The predicted octanol–water partition coefficient (Wildman–Crippen LogP) is 4.58. The fourth-order valence-electron chi connectivity index (χ4n) is 3.14. The maximum atomic E-state index is 12.4. The molecule has 3 aromatic heterocycles. The number of nitrogens with zero attached hydrogens (tertiary/aromatic N) is 4. The minimum atomic E-state index is -0.238. The van der Waals surface area contributed by atoms with Crippen LogP contribution in [0, 0.1) is 0 Å². The molecule has 2 aromatic carbocycles. The summed E-state index contributed by atoms with van der Waals surface area (Å²) in [5.41, 5.74) is 3.09. The van der Waals surface area contributed by atoms with Gasteiger partial charge in [-0.05, 0) is 42.5 Å². The van der Waals surface area contributed by atoms with Gasteiger partial charge in [0.15, 0.2) is 5.13 Å². The molecule has 33 heavy (non-hydrogen) atoms. The van der Waals surface area contributed by atoms with Gasteiger partial charge < -0.3 is 15.1 Å². The normalized spacial score (nSPS) is 11.1. The number of carbonyl (C=O) groups is 2. The quantitative estimate of drug-likeness (QED) is 0.341. The lowest BCUT2D eigenvalue weighted by atomic mass is 10.1. The molecule has 3 heterocycles. The molecule has 9 nitrogen and oxygen atoms in total. The summed E-state index contributed by atoms with van der Waals surface area (Å²) in [4.78, 5) is 32.3. The third-order valence-electron chi connectivity index (χ3n) is 4.54. The first-order chi connectivity index (χ1) is 16.0. The molecular weight excluding hydrogens is 460 g/mol. The fraction of sp³-hybridized carbons (Fsp3) is 0.0909. The van der Waals surface area contributed by atoms with E-state index in [2.05, 4.69) is 30.8 Å². The molecule has 0 unspecified atom stereocenters. The number of thioether (sulfide) groups is 1. The second kappa shape index (κ2) is 8.96. The van der Waals surface area contributed by atoms with E-state index in [9.17, 15) is 9.59 Å². The number of fused-ring (bicyclic) bond motifs is 2. The van der Waals surface area contributed by atoms with Crippen LogP contribution in [0.4, 0.5) is 10.8 Å². The number of aromatic nitrogens is 4. The topological polar surface area (TPSA) is 123 Å². The van der Waals surface area contributed by atoms with Crippen molar-refractivity contribution < 1.29 is 14.0 Å². The van der Waals surface area contributed by atoms with Crippen LogP contribution in [0.15, 0.2) is 64.4 Å². The van der Waals surface area contributed by atoms with Crippen molar-refractivity contribution in [1.82, 2.24) is 20.2 Å². The van der Waals surface area contributed by atoms with Gasteiger partial charge in [-0.3, -0.25) is 14.6 Å². The van der Waals surface area contributed by atoms with Crippen molar-refractivity contribution in [3.8, 4) is 11.5 Å². The average molecular weight is 477 g/mol. The zero-order valence-electron chi connectivity index (χ0n) is 17.2. The van der Waals surface area contributed by atoms with Gasteiger partial charge in [-0.25, -0.2) is 4.98 Å². The molecule has 0 aliphatic rings. The number of rotatable bonds is 6. The van der Waals surface area contributed by atoms with Crippen LogP contribution in [-0.2, 0) is 9.59 Å². The van der Waals surface area contributed by atoms with E-state index in [-0.39, 0.29) is 17.6 Å². The van der Waals surface area contributed by atoms with Crippen molar-refractivity contribution in [2.45, 2.75) is 12.1 Å². The summed E-state index contributed by atoms with van der Waals surface area (Å²) in [5.74, 6) is 0.0878. The number of pyridine rings is 1. The largest absolute Gasteiger partial charge is 0.411 e. The number of hydrogen-bond donors (Lipinski definition) is 2. The molecule has 0 bridgehead atoms. The average Bonchev–Trinajstić information content (AvgIpc) is 3.43. The number of thiazole rings is 1. The van der Waals surface area contributed by atoms with E-state index in [4.69, 9.17) is 4.42 Å². The first-order valence-corrected chi connectivity index (χ1v) is 11.6. The Balaban J connectivity index is 1.21. The molecule has 0 fully saturated rings. The van der Waals surface area contributed by atoms with Gasteiger partial charge in [0, 0.05) is 29.8 Å². The number of carbonyl (C=O) groups excluding carboxylic acids is 2. The lowest BCUT2D eigenvalue weighted by molar-refractivity contribution is -0.114. The van der Waals surface area contributed by atoms with Crippen molar-refractivity contribution in [3.05, 3.63) is 54.7 Å². The number of hydrogen-bond acceptors (Lipinski definition) is 9. The van der Waals surface area contributed by atoms with Gasteiger partial charge in [0.05, 0.1) is 21.5 Å². The monoisotopic (exact) mass is 476 g/mol. The highest BCUT2D eigenvalue weighted by Gasteiger charge is 2.14. The highest BCUT2D eigenvalue weighted by molar-refractivity contribution is 7.99. The first kappa shape index (κ1) is 21.0. The zero-order valence-corrected chi connectivity index (χ0v) is 18.9. The van der Waals surface area contributed by atoms with E-state index in [1.165, 1.54) is 18.3 Å². The summed E-state index contributed by atoms with van der Waals surface area (Å²) >= 11 is 2.48. The lowest BCUT2D eigenvalue weighted by Gasteiger charge is -1.99. The maximum Gasteiger partial charge on any atom is 0.277 e. The number of benzene rings is 2. The Bertz CT molecular complexity index is 1500. The van der Waals surface area contributed by atoms with Gasteiger partial charge in [-0.2, -0.15) is 0 Å². The van der Waals surface area contributed by atoms with E-state index in [0.717, 1.165) is 38.4 Å². The Kier molecular flexibility index (Phi) is 5.71. The van der Waals surface area contributed by atoms with Crippen LogP contribution in [0.3, 0.4) is 0 Å². The van der Waals surface area contributed by atoms with Gasteiger partial charge in [-0.15, -0.1) is 10.2 Å². The Labute approximate surface area is 195 Å². The Hall–Kier alpha value is -3.83. The van der Waals surface area contributed by atoms with Gasteiger partial charge in [0.25, 0.3) is 5.22 Å². The summed E-state index contributed by atoms with van der Waals surface area (Å²) in [6, 6.07) is 14.9. The minimum absolute atomic E-state index is 0.0936. The molecule has 0 saturated carbocycles. The zero-order chi connectivity index (χ0) is 22.8. The lowest BCUT2D eigenvalue weighted by Crippen LogP contribution is -2.13. The van der Waals surface area contributed by atoms with Gasteiger partial charge in [-0.1, -0.05) is 29.2 Å². The smallest absolute Gasteiger partial charge is 0.277 e. The van der Waals surface area contributed by atoms with E-state index in [1.807, 2.05) is 36.4 Å². The van der Waals surface area contributed by atoms with Gasteiger partial charge in [0.2, 0.25) is 17.7 Å². The molecule has 0 saturated heterocycles. The van der Waals surface area contributed by atoms with E-state index < -0.39 is 0 Å². The molecule has 11 heteroatoms. The summed E-state index contributed by atoms with van der Waals surface area (Å²) in [5, 5.41) is 15.4. The molecule has 0 atom stereocenters. The molecule has 2 amide bonds. The van der Waals surface area contributed by atoms with Crippen LogP contribution in [0.2, 0.25) is 0 Å². The molecule has 5 rings (SSSR count). The molecule has 0 spiro atoms. The molecule has 0 radical (unpaired) electrons. The van der Waals surface area contributed by atoms with Crippen molar-refractivity contribution >= 4 is 66.9 Å². The predicted molar refractivity (Wildman–Crippen MR) is 128 cm³/mol. The second-order valence-electron chi connectivity index (χ2n) is 7.00. The number of amides is 2. The summed E-state index contributed by atoms with van der Waals surface area (Å²) in [7, 11) is 0. The molecule has 2 N–H and O–H groups in total. The Morgan fingerprint density at radius 1 is 1.06 bits per heavy atom. The summed E-state index contributed by atoms with van der Waals surface area (Å²) in [6.45, 7) is 1.45. The first-order valence-electron chi connectivity index (χ1n) is 9.83. The molecule has 164 valence electrons.